The van der Waals surface area contributed by atoms with Crippen molar-refractivity contribution in [2.45, 2.75) is 30.2 Å². The Balaban J connectivity index is 1.68. The lowest BCUT2D eigenvalue weighted by Crippen LogP contribution is -2.11. The molecule has 0 aliphatic heterocycles. The smallest absolute Gasteiger partial charge is 0.259 e. The van der Waals surface area contributed by atoms with Crippen LogP contribution in [-0.2, 0) is 25.6 Å². The van der Waals surface area contributed by atoms with E-state index in [0.717, 1.165) is 34.6 Å². The first-order chi connectivity index (χ1) is 10.2. The predicted octanol–water partition coefficient (Wildman–Crippen LogP) is 1.89. The van der Waals surface area contributed by atoms with E-state index in [4.69, 9.17) is 0 Å². The Morgan fingerprint density at radius 1 is 1.48 bits per heavy atom. The average molecular weight is 319 g/mol. The Morgan fingerprint density at radius 3 is 3.19 bits per heavy atom. The molecule has 4 rings (SSSR count). The normalized spacial score (nSPS) is 14.0. The van der Waals surface area contributed by atoms with Crippen LogP contribution in [-0.4, -0.2) is 24.7 Å². The van der Waals surface area contributed by atoms with Crippen LogP contribution in [0.25, 0.3) is 10.2 Å². The van der Waals surface area contributed by atoms with Crippen molar-refractivity contribution in [3.05, 3.63) is 32.9 Å². The van der Waals surface area contributed by atoms with Crippen molar-refractivity contribution in [2.24, 2.45) is 7.05 Å². The van der Waals surface area contributed by atoms with Gasteiger partial charge in [-0.2, -0.15) is 0 Å². The van der Waals surface area contributed by atoms with Crippen LogP contribution in [0.4, 0.5) is 0 Å². The molecule has 0 aromatic carbocycles. The Labute approximate surface area is 128 Å². The summed E-state index contributed by atoms with van der Waals surface area (Å²) in [5.74, 6) is 1.28. The van der Waals surface area contributed by atoms with Crippen LogP contribution in [0.3, 0.4) is 0 Å². The van der Waals surface area contributed by atoms with Gasteiger partial charge in [-0.25, -0.2) is 4.98 Å². The first kappa shape index (κ1) is 13.0. The molecule has 3 heterocycles. The molecule has 0 saturated heterocycles. The summed E-state index contributed by atoms with van der Waals surface area (Å²) in [6.07, 6.45) is 4.90. The summed E-state index contributed by atoms with van der Waals surface area (Å²) in [5, 5.41) is 9.47. The average Bonchev–Trinajstić information content (AvgIpc) is 3.11. The van der Waals surface area contributed by atoms with Crippen molar-refractivity contribution >= 4 is 33.3 Å². The highest BCUT2D eigenvalue weighted by Gasteiger charge is 2.21. The largest absolute Gasteiger partial charge is 0.312 e. The number of hydrogen-bond donors (Lipinski definition) is 1. The van der Waals surface area contributed by atoms with Crippen molar-refractivity contribution in [1.29, 1.82) is 0 Å². The van der Waals surface area contributed by atoms with E-state index in [2.05, 4.69) is 20.2 Å². The Bertz CT molecular complexity index is 878. The molecule has 0 amide bonds. The number of fused-ring (bicyclic) bond motifs is 3. The van der Waals surface area contributed by atoms with E-state index in [-0.39, 0.29) is 5.56 Å². The van der Waals surface area contributed by atoms with Crippen LogP contribution in [0, 0.1) is 0 Å². The number of nitrogens with one attached hydrogen (secondary N) is 1. The lowest BCUT2D eigenvalue weighted by atomic mass is 10.2. The van der Waals surface area contributed by atoms with Gasteiger partial charge >= 0.3 is 0 Å². The van der Waals surface area contributed by atoms with E-state index in [1.54, 1.807) is 17.7 Å². The van der Waals surface area contributed by atoms with Gasteiger partial charge < -0.3 is 9.55 Å². The summed E-state index contributed by atoms with van der Waals surface area (Å²) in [6.45, 7) is 0. The molecule has 0 atom stereocenters. The van der Waals surface area contributed by atoms with Gasteiger partial charge in [0.25, 0.3) is 5.56 Å². The zero-order chi connectivity index (χ0) is 14.4. The minimum atomic E-state index is -0.00651. The maximum absolute atomic E-state index is 12.3. The number of rotatable bonds is 3. The molecule has 0 fully saturated rings. The molecule has 108 valence electrons. The minimum absolute atomic E-state index is 0.00651. The second-order valence-corrected chi connectivity index (χ2v) is 7.09. The molecule has 0 unspecified atom stereocenters. The first-order valence-corrected chi connectivity index (χ1v) is 8.53. The quantitative estimate of drug-likeness (QED) is 0.746. The second-order valence-electron chi connectivity index (χ2n) is 5.06. The highest BCUT2D eigenvalue weighted by atomic mass is 32.2. The van der Waals surface area contributed by atoms with Gasteiger partial charge in [0.1, 0.15) is 17.0 Å². The predicted molar refractivity (Wildman–Crippen MR) is 82.8 cm³/mol. The molecule has 1 aliphatic carbocycles. The summed E-state index contributed by atoms with van der Waals surface area (Å²) < 4.78 is 1.85. The van der Waals surface area contributed by atoms with Crippen LogP contribution in [0.1, 0.15) is 22.7 Å². The Hall–Kier alpha value is -1.67. The second kappa shape index (κ2) is 4.96. The van der Waals surface area contributed by atoms with Gasteiger partial charge in [-0.1, -0.05) is 11.8 Å². The fraction of sp³-hybridized carbons (Fsp3) is 0.385. The van der Waals surface area contributed by atoms with E-state index < -0.39 is 0 Å². The molecular weight excluding hydrogens is 306 g/mol. The number of nitrogens with zero attached hydrogens (tertiary/aromatic N) is 4. The number of thiophene rings is 1. The molecule has 0 radical (unpaired) electrons. The van der Waals surface area contributed by atoms with Crippen molar-refractivity contribution in [3.8, 4) is 0 Å². The Morgan fingerprint density at radius 2 is 2.38 bits per heavy atom. The van der Waals surface area contributed by atoms with E-state index in [1.807, 2.05) is 11.6 Å². The molecule has 1 N–H and O–H groups in total. The molecule has 21 heavy (non-hydrogen) atoms. The summed E-state index contributed by atoms with van der Waals surface area (Å²) in [6, 6.07) is 0. The summed E-state index contributed by atoms with van der Waals surface area (Å²) in [7, 11) is 1.89. The molecule has 3 aromatic rings. The standard InChI is InChI=1S/C13H13N5OS2/c1-18-6-14-17-13(18)20-5-9-15-11(19)10-7-3-2-4-8(7)21-12(10)16-9/h6H,2-5H2,1H3,(H,15,16,19). The topological polar surface area (TPSA) is 76.5 Å². The molecule has 3 aromatic heterocycles. The van der Waals surface area contributed by atoms with E-state index in [1.165, 1.54) is 22.2 Å². The van der Waals surface area contributed by atoms with E-state index in [9.17, 15) is 4.79 Å². The van der Waals surface area contributed by atoms with Crippen molar-refractivity contribution in [3.63, 3.8) is 0 Å². The molecule has 6 nitrogen and oxygen atoms in total. The molecule has 8 heteroatoms. The molecule has 0 saturated carbocycles. The monoisotopic (exact) mass is 319 g/mol. The maximum atomic E-state index is 12.3. The molecular formula is C13H13N5OS2. The minimum Gasteiger partial charge on any atom is -0.312 e. The van der Waals surface area contributed by atoms with Crippen LogP contribution in [0.2, 0.25) is 0 Å². The summed E-state index contributed by atoms with van der Waals surface area (Å²) >= 11 is 3.18. The van der Waals surface area contributed by atoms with Gasteiger partial charge in [0.05, 0.1) is 11.1 Å². The van der Waals surface area contributed by atoms with Crippen molar-refractivity contribution < 1.29 is 0 Å². The SMILES string of the molecule is Cn1cnnc1SCc1nc2sc3c(c2c(=O)[nH]1)CCC3. The highest BCUT2D eigenvalue weighted by molar-refractivity contribution is 7.98. The number of thioether (sulfide) groups is 1. The third-order valence-corrected chi connectivity index (χ3v) is 5.86. The highest BCUT2D eigenvalue weighted by Crippen LogP contribution is 2.34. The van der Waals surface area contributed by atoms with Crippen molar-refractivity contribution in [2.75, 3.05) is 0 Å². The first-order valence-electron chi connectivity index (χ1n) is 6.72. The molecule has 0 bridgehead atoms. The van der Waals surface area contributed by atoms with E-state index >= 15 is 0 Å². The zero-order valence-corrected chi connectivity index (χ0v) is 13.1. The number of aromatic nitrogens is 5. The lowest BCUT2D eigenvalue weighted by molar-refractivity contribution is 0.787. The summed E-state index contributed by atoms with van der Waals surface area (Å²) in [5.41, 5.74) is 1.21. The van der Waals surface area contributed by atoms with Crippen LogP contribution in [0.5, 0.6) is 0 Å². The number of aryl methyl sites for hydroxylation is 3. The fourth-order valence-electron chi connectivity index (χ4n) is 2.65. The fourth-order valence-corrected chi connectivity index (χ4v) is 4.69. The van der Waals surface area contributed by atoms with Crippen LogP contribution in [0.15, 0.2) is 16.3 Å². The lowest BCUT2D eigenvalue weighted by Gasteiger charge is -2.01. The van der Waals surface area contributed by atoms with Gasteiger partial charge in [-0.15, -0.1) is 21.5 Å². The summed E-state index contributed by atoms with van der Waals surface area (Å²) in [4.78, 5) is 22.0. The molecule has 0 spiro atoms. The third-order valence-electron chi connectivity index (χ3n) is 3.63. The zero-order valence-electron chi connectivity index (χ0n) is 11.4. The van der Waals surface area contributed by atoms with Crippen molar-refractivity contribution in [1.82, 2.24) is 24.7 Å². The van der Waals surface area contributed by atoms with Gasteiger partial charge in [0, 0.05) is 11.9 Å². The Kier molecular flexibility index (Phi) is 3.07. The van der Waals surface area contributed by atoms with E-state index in [0.29, 0.717) is 11.6 Å². The third kappa shape index (κ3) is 2.18. The molecule has 1 aliphatic rings. The maximum Gasteiger partial charge on any atom is 0.259 e. The number of hydrogen-bond acceptors (Lipinski definition) is 6. The van der Waals surface area contributed by atoms with Gasteiger partial charge in [0.15, 0.2) is 5.16 Å². The van der Waals surface area contributed by atoms with Crippen LogP contribution >= 0.6 is 23.1 Å². The van der Waals surface area contributed by atoms with Gasteiger partial charge in [-0.05, 0) is 24.8 Å². The van der Waals surface area contributed by atoms with Crippen LogP contribution < -0.4 is 5.56 Å². The number of aromatic amines is 1. The van der Waals surface area contributed by atoms with Gasteiger partial charge in [0.2, 0.25) is 0 Å². The van der Waals surface area contributed by atoms with Gasteiger partial charge in [-0.3, -0.25) is 4.79 Å². The number of H-pyrrole nitrogens is 1.